The van der Waals surface area contributed by atoms with E-state index in [1.807, 2.05) is 0 Å². The van der Waals surface area contributed by atoms with Gasteiger partial charge in [0.05, 0.1) is 18.9 Å². The SMILES string of the molecule is CN1CC(=O)OB([C@H](C=O)C2CCCCC2)OC(=O)C1. The zero-order valence-corrected chi connectivity index (χ0v) is 11.7. The van der Waals surface area contributed by atoms with Gasteiger partial charge in [-0.1, -0.05) is 32.1 Å². The molecule has 2 fully saturated rings. The third-order valence-electron chi connectivity index (χ3n) is 3.96. The number of hydrogen-bond acceptors (Lipinski definition) is 6. The molecular weight excluding hydrogens is 261 g/mol. The molecule has 1 atom stereocenters. The van der Waals surface area contributed by atoms with Crippen LogP contribution in [0.5, 0.6) is 0 Å². The van der Waals surface area contributed by atoms with Crippen LogP contribution in [0.4, 0.5) is 0 Å². The summed E-state index contributed by atoms with van der Waals surface area (Å²) in [6, 6.07) is 0. The largest absolute Gasteiger partial charge is 0.609 e. The average Bonchev–Trinajstić information content (AvgIpc) is 2.38. The number of carbonyl (C=O) groups is 3. The Labute approximate surface area is 118 Å². The number of carbonyl (C=O) groups excluding carboxylic acids is 3. The average molecular weight is 281 g/mol. The fourth-order valence-corrected chi connectivity index (χ4v) is 2.93. The summed E-state index contributed by atoms with van der Waals surface area (Å²) >= 11 is 0. The number of rotatable bonds is 3. The first-order valence-corrected chi connectivity index (χ1v) is 7.13. The van der Waals surface area contributed by atoms with Gasteiger partial charge in [-0.3, -0.25) is 14.5 Å². The van der Waals surface area contributed by atoms with Crippen LogP contribution in [0.1, 0.15) is 32.1 Å². The van der Waals surface area contributed by atoms with Crippen molar-refractivity contribution in [1.29, 1.82) is 0 Å². The van der Waals surface area contributed by atoms with Crippen LogP contribution in [0.25, 0.3) is 0 Å². The second-order valence-corrected chi connectivity index (χ2v) is 5.63. The molecule has 0 spiro atoms. The molecule has 0 unspecified atom stereocenters. The molecule has 0 radical (unpaired) electrons. The molecule has 2 rings (SSSR count). The van der Waals surface area contributed by atoms with Gasteiger partial charge in [0, 0.05) is 0 Å². The standard InChI is InChI=1S/C13H20BNO5/c1-15-7-12(17)19-14(20-13(18)8-15)11(9-16)10-5-3-2-4-6-10/h9-11H,2-8H2,1H3/t11-/m1/s1. The quantitative estimate of drug-likeness (QED) is 0.559. The summed E-state index contributed by atoms with van der Waals surface area (Å²) in [5.74, 6) is -1.35. The van der Waals surface area contributed by atoms with Gasteiger partial charge in [-0.05, 0) is 13.0 Å². The van der Waals surface area contributed by atoms with E-state index >= 15 is 0 Å². The van der Waals surface area contributed by atoms with Gasteiger partial charge in [-0.25, -0.2) is 0 Å². The van der Waals surface area contributed by atoms with Gasteiger partial charge in [0.25, 0.3) is 0 Å². The Hall–Kier alpha value is -1.37. The predicted molar refractivity (Wildman–Crippen MR) is 71.8 cm³/mol. The van der Waals surface area contributed by atoms with Crippen molar-refractivity contribution in [2.75, 3.05) is 20.1 Å². The summed E-state index contributed by atoms with van der Waals surface area (Å²) < 4.78 is 10.4. The van der Waals surface area contributed by atoms with Crippen molar-refractivity contribution in [3.05, 3.63) is 0 Å². The Morgan fingerprint density at radius 2 is 1.70 bits per heavy atom. The van der Waals surface area contributed by atoms with Crippen molar-refractivity contribution >= 4 is 25.3 Å². The van der Waals surface area contributed by atoms with E-state index in [0.717, 1.165) is 38.4 Å². The second kappa shape index (κ2) is 6.88. The van der Waals surface area contributed by atoms with Crippen molar-refractivity contribution in [1.82, 2.24) is 4.90 Å². The molecule has 0 aromatic heterocycles. The fourth-order valence-electron chi connectivity index (χ4n) is 2.93. The lowest BCUT2D eigenvalue weighted by Gasteiger charge is -2.30. The molecule has 1 saturated heterocycles. The van der Waals surface area contributed by atoms with Gasteiger partial charge in [-0.2, -0.15) is 0 Å². The number of likely N-dealkylation sites (N-methyl/N-ethyl adjacent to an activating group) is 1. The smallest absolute Gasteiger partial charge is 0.498 e. The lowest BCUT2D eigenvalue weighted by molar-refractivity contribution is -0.146. The van der Waals surface area contributed by atoms with E-state index in [1.165, 1.54) is 4.90 Å². The van der Waals surface area contributed by atoms with E-state index in [9.17, 15) is 14.4 Å². The lowest BCUT2D eigenvalue weighted by Crippen LogP contribution is -2.46. The van der Waals surface area contributed by atoms with Crippen molar-refractivity contribution in [3.8, 4) is 0 Å². The highest BCUT2D eigenvalue weighted by Gasteiger charge is 2.43. The van der Waals surface area contributed by atoms with Crippen LogP contribution in [0, 0.1) is 5.92 Å². The van der Waals surface area contributed by atoms with Gasteiger partial charge >= 0.3 is 19.1 Å². The normalized spacial score (nSPS) is 24.4. The predicted octanol–water partition coefficient (Wildman–Crippen LogP) is 0.656. The molecule has 1 saturated carbocycles. The molecule has 0 N–H and O–H groups in total. The molecule has 1 heterocycles. The highest BCUT2D eigenvalue weighted by Crippen LogP contribution is 2.34. The van der Waals surface area contributed by atoms with E-state index in [0.29, 0.717) is 0 Å². The zero-order valence-electron chi connectivity index (χ0n) is 11.7. The van der Waals surface area contributed by atoms with E-state index in [2.05, 4.69) is 0 Å². The van der Waals surface area contributed by atoms with E-state index in [1.54, 1.807) is 7.05 Å². The van der Waals surface area contributed by atoms with E-state index < -0.39 is 24.9 Å². The Morgan fingerprint density at radius 3 is 2.20 bits per heavy atom. The van der Waals surface area contributed by atoms with Crippen LogP contribution in [-0.4, -0.2) is 50.4 Å². The third-order valence-corrected chi connectivity index (χ3v) is 3.96. The summed E-state index contributed by atoms with van der Waals surface area (Å²) in [7, 11) is 0.575. The first-order chi connectivity index (χ1) is 9.60. The first kappa shape index (κ1) is 15.0. The van der Waals surface area contributed by atoms with Crippen LogP contribution in [0.15, 0.2) is 0 Å². The molecule has 0 aromatic rings. The molecule has 110 valence electrons. The fraction of sp³-hybridized carbons (Fsp3) is 0.769. The molecule has 0 aromatic carbocycles. The monoisotopic (exact) mass is 281 g/mol. The molecule has 1 aliphatic carbocycles. The molecule has 7 heteroatoms. The molecular formula is C13H20BNO5. The minimum atomic E-state index is -1.07. The van der Waals surface area contributed by atoms with Gasteiger partial charge in [0.15, 0.2) is 0 Å². The van der Waals surface area contributed by atoms with E-state index in [-0.39, 0.29) is 19.0 Å². The van der Waals surface area contributed by atoms with Gasteiger partial charge in [0.1, 0.15) is 6.29 Å². The number of aldehydes is 1. The third kappa shape index (κ3) is 3.82. The zero-order chi connectivity index (χ0) is 14.5. The van der Waals surface area contributed by atoms with Crippen molar-refractivity contribution in [2.45, 2.75) is 37.9 Å². The Kier molecular flexibility index (Phi) is 5.17. The van der Waals surface area contributed by atoms with Crippen LogP contribution in [-0.2, 0) is 23.7 Å². The first-order valence-electron chi connectivity index (χ1n) is 7.13. The lowest BCUT2D eigenvalue weighted by atomic mass is 9.62. The van der Waals surface area contributed by atoms with Crippen LogP contribution in [0.3, 0.4) is 0 Å². The minimum Gasteiger partial charge on any atom is -0.498 e. The minimum absolute atomic E-state index is 0.0296. The van der Waals surface area contributed by atoms with E-state index in [4.69, 9.17) is 9.31 Å². The molecule has 0 bridgehead atoms. The maximum atomic E-state index is 11.7. The maximum absolute atomic E-state index is 11.7. The topological polar surface area (TPSA) is 72.9 Å². The summed E-state index contributed by atoms with van der Waals surface area (Å²) in [6.07, 6.45) is 5.88. The van der Waals surface area contributed by atoms with Gasteiger partial charge < -0.3 is 14.1 Å². The number of hydrogen-bond donors (Lipinski definition) is 0. The Morgan fingerprint density at radius 1 is 1.15 bits per heavy atom. The van der Waals surface area contributed by atoms with Crippen LogP contribution in [0.2, 0.25) is 5.82 Å². The maximum Gasteiger partial charge on any atom is 0.609 e. The highest BCUT2D eigenvalue weighted by atomic mass is 16.6. The van der Waals surface area contributed by atoms with Gasteiger partial charge in [0.2, 0.25) is 0 Å². The molecule has 1 aliphatic heterocycles. The summed E-state index contributed by atoms with van der Waals surface area (Å²) in [5, 5.41) is 0. The Bertz CT molecular complexity index is 363. The summed E-state index contributed by atoms with van der Waals surface area (Å²) in [4.78, 5) is 36.3. The van der Waals surface area contributed by atoms with Crippen molar-refractivity contribution < 1.29 is 23.7 Å². The van der Waals surface area contributed by atoms with Crippen LogP contribution >= 0.6 is 0 Å². The molecule has 2 aliphatic rings. The van der Waals surface area contributed by atoms with Crippen molar-refractivity contribution in [2.24, 2.45) is 5.92 Å². The van der Waals surface area contributed by atoms with Crippen LogP contribution < -0.4 is 0 Å². The highest BCUT2D eigenvalue weighted by molar-refractivity contribution is 6.54. The molecule has 20 heavy (non-hydrogen) atoms. The Balaban J connectivity index is 2.07. The number of nitrogens with zero attached hydrogens (tertiary/aromatic N) is 1. The summed E-state index contributed by atoms with van der Waals surface area (Å²) in [6.45, 7) is 0.0592. The second-order valence-electron chi connectivity index (χ2n) is 5.63. The van der Waals surface area contributed by atoms with Crippen molar-refractivity contribution in [3.63, 3.8) is 0 Å². The van der Waals surface area contributed by atoms with Gasteiger partial charge in [-0.15, -0.1) is 0 Å². The summed E-state index contributed by atoms with van der Waals surface area (Å²) in [5.41, 5.74) is 0. The molecule has 0 amide bonds. The molecule has 6 nitrogen and oxygen atoms in total.